The zero-order chi connectivity index (χ0) is 28.4. The normalized spacial score (nSPS) is 18.3. The van der Waals surface area contributed by atoms with Crippen LogP contribution in [-0.4, -0.2) is 45.2 Å². The number of carboxylic acid groups (broad SMARTS) is 1. The Morgan fingerprint density at radius 1 is 1.26 bits per heavy atom. The Labute approximate surface area is 221 Å². The number of rotatable bonds is 4. The summed E-state index contributed by atoms with van der Waals surface area (Å²) in [5, 5.41) is 24.1. The second-order valence-electron chi connectivity index (χ2n) is 10.8. The Balaban J connectivity index is 1.87. The van der Waals surface area contributed by atoms with E-state index in [1.54, 1.807) is 39.8 Å². The predicted molar refractivity (Wildman–Crippen MR) is 140 cm³/mol. The van der Waals surface area contributed by atoms with E-state index in [0.29, 0.717) is 12.0 Å². The third-order valence-electron chi connectivity index (χ3n) is 6.99. The van der Waals surface area contributed by atoms with Crippen LogP contribution in [0.5, 0.6) is 5.75 Å². The number of carboxylic acids is 1. The minimum Gasteiger partial charge on any atom is -0.487 e. The van der Waals surface area contributed by atoms with Gasteiger partial charge in [-0.15, -0.1) is 0 Å². The van der Waals surface area contributed by atoms with Crippen LogP contribution in [0, 0.1) is 15.9 Å². The molecule has 2 unspecified atom stereocenters. The first kappa shape index (κ1) is 26.1. The fraction of sp³-hybridized carbons (Fsp3) is 0.370. The number of anilines is 1. The largest absolute Gasteiger partial charge is 0.487 e. The summed E-state index contributed by atoms with van der Waals surface area (Å²) in [4.78, 5) is 51.3. The van der Waals surface area contributed by atoms with Gasteiger partial charge in [-0.3, -0.25) is 19.7 Å². The molecule has 0 saturated carbocycles. The van der Waals surface area contributed by atoms with E-state index in [9.17, 15) is 29.6 Å². The van der Waals surface area contributed by atoms with Crippen molar-refractivity contribution in [3.63, 3.8) is 0 Å². The number of hydrogen-bond acceptors (Lipinski definition) is 7. The number of fused-ring (bicyclic) bond motifs is 1. The summed E-state index contributed by atoms with van der Waals surface area (Å²) in [5.74, 6) is -3.53. The molecule has 0 bridgehead atoms. The van der Waals surface area contributed by atoms with Crippen LogP contribution in [0.25, 0.3) is 10.9 Å². The Bertz CT molecular complexity index is 1630. The predicted octanol–water partition coefficient (Wildman–Crippen LogP) is 3.72. The van der Waals surface area contributed by atoms with Crippen molar-refractivity contribution in [3.8, 4) is 5.75 Å². The second-order valence-corrected chi connectivity index (χ2v) is 10.8. The number of nitro groups is 1. The second kappa shape index (κ2) is 9.07. The molecule has 0 spiro atoms. The van der Waals surface area contributed by atoms with Crippen LogP contribution in [0.4, 0.5) is 15.8 Å². The zero-order valence-electron chi connectivity index (χ0n) is 21.8. The summed E-state index contributed by atoms with van der Waals surface area (Å²) < 4.78 is 23.7. The van der Waals surface area contributed by atoms with Gasteiger partial charge in [0.25, 0.3) is 0 Å². The third kappa shape index (κ3) is 4.16. The molecule has 3 heterocycles. The monoisotopic (exact) mass is 538 g/mol. The van der Waals surface area contributed by atoms with E-state index in [4.69, 9.17) is 4.74 Å². The summed E-state index contributed by atoms with van der Waals surface area (Å²) in [7, 11) is 0. The Hall–Kier alpha value is -4.48. The number of ether oxygens (including phenoxy) is 1. The zero-order valence-corrected chi connectivity index (χ0v) is 21.8. The van der Waals surface area contributed by atoms with Crippen molar-refractivity contribution < 1.29 is 28.7 Å². The van der Waals surface area contributed by atoms with Crippen molar-refractivity contribution in [2.75, 3.05) is 18.1 Å². The molecular formula is C27H27FN4O7. The average Bonchev–Trinajstić information content (AvgIpc) is 2.85. The van der Waals surface area contributed by atoms with Crippen LogP contribution >= 0.6 is 0 Å². The minimum atomic E-state index is -1.59. The van der Waals surface area contributed by atoms with E-state index in [-0.39, 0.29) is 30.1 Å². The van der Waals surface area contributed by atoms with Gasteiger partial charge < -0.3 is 24.6 Å². The summed E-state index contributed by atoms with van der Waals surface area (Å²) in [6, 6.07) is 5.65. The number of hydrogen-bond donors (Lipinski definition) is 2. The smallest absolute Gasteiger partial charge is 0.341 e. The van der Waals surface area contributed by atoms with E-state index in [2.05, 4.69) is 5.32 Å². The van der Waals surface area contributed by atoms with E-state index in [1.165, 1.54) is 9.47 Å². The number of nitrogens with one attached hydrogen (secondary N) is 1. The first-order chi connectivity index (χ1) is 18.3. The molecule has 0 saturated heterocycles. The third-order valence-corrected chi connectivity index (χ3v) is 6.99. The van der Waals surface area contributed by atoms with Gasteiger partial charge >= 0.3 is 11.7 Å². The number of aromatic nitrogens is 1. The molecule has 0 radical (unpaired) electrons. The first-order valence-corrected chi connectivity index (χ1v) is 12.4. The maximum Gasteiger partial charge on any atom is 0.341 e. The molecule has 2 aromatic carbocycles. The van der Waals surface area contributed by atoms with Crippen LogP contribution < -0.4 is 20.4 Å². The van der Waals surface area contributed by atoms with E-state index in [0.717, 1.165) is 11.8 Å². The van der Waals surface area contributed by atoms with Gasteiger partial charge in [-0.1, -0.05) is 24.3 Å². The van der Waals surface area contributed by atoms with Gasteiger partial charge in [-0.2, -0.15) is 4.39 Å². The van der Waals surface area contributed by atoms with Gasteiger partial charge in [0.2, 0.25) is 17.2 Å². The van der Waals surface area contributed by atoms with Crippen molar-refractivity contribution >= 4 is 34.2 Å². The summed E-state index contributed by atoms with van der Waals surface area (Å²) >= 11 is 0. The number of carbonyl (C=O) groups is 2. The highest BCUT2D eigenvalue weighted by Crippen LogP contribution is 2.49. The van der Waals surface area contributed by atoms with Crippen molar-refractivity contribution in [1.29, 1.82) is 0 Å². The van der Waals surface area contributed by atoms with Crippen molar-refractivity contribution in [2.24, 2.45) is 0 Å². The van der Waals surface area contributed by atoms with E-state index < -0.39 is 62.3 Å². The fourth-order valence-corrected chi connectivity index (χ4v) is 5.39. The number of nitro benzene ring substituents is 1. The quantitative estimate of drug-likeness (QED) is 0.378. The van der Waals surface area contributed by atoms with Crippen LogP contribution in [0.2, 0.25) is 0 Å². The highest BCUT2D eigenvalue weighted by atomic mass is 19.1. The lowest BCUT2D eigenvalue weighted by Gasteiger charge is -2.40. The Kier molecular flexibility index (Phi) is 6.08. The van der Waals surface area contributed by atoms with Crippen LogP contribution in [0.1, 0.15) is 61.3 Å². The standard InChI is InChI=1S/C27H27FN4O7/c1-13-12-39-24-21-17(23(33)16(26(35)36)11-31(13)21)20(32(37)38)18(28)22(24)30-10-9-14-7-5-6-8-15(14)19(30)25(34)29-27(2,3)4/h5-8,11,13,19H,9-10,12H2,1-4H3,(H,29,34)(H,35,36). The molecule has 2 N–H and O–H groups in total. The Morgan fingerprint density at radius 3 is 2.59 bits per heavy atom. The summed E-state index contributed by atoms with van der Waals surface area (Å²) in [5.41, 5.74) is -2.59. The van der Waals surface area contributed by atoms with Crippen LogP contribution in [0.3, 0.4) is 0 Å². The Morgan fingerprint density at radius 2 is 1.95 bits per heavy atom. The molecule has 204 valence electrons. The van der Waals surface area contributed by atoms with E-state index >= 15 is 4.39 Å². The molecule has 0 fully saturated rings. The molecule has 1 amide bonds. The van der Waals surface area contributed by atoms with Crippen LogP contribution in [0.15, 0.2) is 35.3 Å². The van der Waals surface area contributed by atoms with Gasteiger partial charge in [-0.25, -0.2) is 4.79 Å². The lowest BCUT2D eigenvalue weighted by Crippen LogP contribution is -2.50. The minimum absolute atomic E-state index is 0.0163. The molecule has 2 atom stereocenters. The molecule has 0 aliphatic carbocycles. The first-order valence-electron chi connectivity index (χ1n) is 12.4. The molecule has 11 nitrogen and oxygen atoms in total. The van der Waals surface area contributed by atoms with Gasteiger partial charge in [0.1, 0.15) is 34.8 Å². The van der Waals surface area contributed by atoms with Crippen molar-refractivity contribution in [3.05, 3.63) is 73.3 Å². The molecule has 5 rings (SSSR count). The lowest BCUT2D eigenvalue weighted by atomic mass is 9.90. The number of nitrogens with zero attached hydrogens (tertiary/aromatic N) is 3. The SMILES string of the molecule is CC1COc2c(N3CCc4ccccc4C3C(=O)NC(C)(C)C)c(F)c([N+](=O)[O-])c3c(=O)c(C(=O)O)cn1c23. The maximum atomic E-state index is 16.4. The number of amides is 1. The molecule has 3 aromatic rings. The maximum absolute atomic E-state index is 16.4. The van der Waals surface area contributed by atoms with Gasteiger partial charge in [0.05, 0.1) is 11.0 Å². The highest BCUT2D eigenvalue weighted by Gasteiger charge is 2.43. The summed E-state index contributed by atoms with van der Waals surface area (Å²) in [6.45, 7) is 7.21. The number of halogens is 1. The number of carbonyl (C=O) groups excluding carboxylic acids is 1. The molecule has 1 aromatic heterocycles. The molecule has 39 heavy (non-hydrogen) atoms. The topological polar surface area (TPSA) is 144 Å². The molecule has 12 heteroatoms. The molecule has 2 aliphatic rings. The van der Waals surface area contributed by atoms with Gasteiger partial charge in [-0.05, 0) is 45.2 Å². The van der Waals surface area contributed by atoms with Gasteiger partial charge in [0.15, 0.2) is 5.75 Å². The van der Waals surface area contributed by atoms with Crippen molar-refractivity contribution in [1.82, 2.24) is 9.88 Å². The number of aromatic carboxylic acids is 1. The highest BCUT2D eigenvalue weighted by molar-refractivity contribution is 6.03. The fourth-order valence-electron chi connectivity index (χ4n) is 5.39. The average molecular weight is 539 g/mol. The van der Waals surface area contributed by atoms with Gasteiger partial charge in [0, 0.05) is 18.3 Å². The summed E-state index contributed by atoms with van der Waals surface area (Å²) in [6.07, 6.45) is 1.52. The van der Waals surface area contributed by atoms with Crippen LogP contribution in [-0.2, 0) is 11.2 Å². The lowest BCUT2D eigenvalue weighted by molar-refractivity contribution is -0.385. The molecule has 2 aliphatic heterocycles. The number of benzene rings is 2. The van der Waals surface area contributed by atoms with Crippen molar-refractivity contribution in [2.45, 2.75) is 51.7 Å². The van der Waals surface area contributed by atoms with E-state index in [1.807, 2.05) is 12.1 Å². The molecular weight excluding hydrogens is 511 g/mol. The number of pyridine rings is 1.